The molecular formula is C16H15ClN2O2. The molecule has 4 nitrogen and oxygen atoms in total. The summed E-state index contributed by atoms with van der Waals surface area (Å²) in [6.07, 6.45) is 0. The monoisotopic (exact) mass is 302 g/mol. The third-order valence-electron chi connectivity index (χ3n) is 3.41. The van der Waals surface area contributed by atoms with Crippen molar-refractivity contribution < 1.29 is 9.53 Å². The number of halogens is 1. The summed E-state index contributed by atoms with van der Waals surface area (Å²) in [5.41, 5.74) is 2.46. The van der Waals surface area contributed by atoms with Gasteiger partial charge in [-0.3, -0.25) is 4.90 Å². The van der Waals surface area contributed by atoms with Gasteiger partial charge < -0.3 is 10.1 Å². The lowest BCUT2D eigenvalue weighted by Crippen LogP contribution is -2.40. The second-order valence-electron chi connectivity index (χ2n) is 4.86. The van der Waals surface area contributed by atoms with Crippen molar-refractivity contribution in [2.75, 3.05) is 23.4 Å². The van der Waals surface area contributed by atoms with Gasteiger partial charge in [-0.1, -0.05) is 29.8 Å². The van der Waals surface area contributed by atoms with Crippen molar-refractivity contribution in [1.29, 1.82) is 0 Å². The molecule has 1 aliphatic rings. The van der Waals surface area contributed by atoms with Gasteiger partial charge in [0.1, 0.15) is 12.4 Å². The van der Waals surface area contributed by atoms with Gasteiger partial charge in [-0.2, -0.15) is 0 Å². The number of aryl methyl sites for hydroxylation is 1. The van der Waals surface area contributed by atoms with E-state index in [2.05, 4.69) is 5.32 Å². The van der Waals surface area contributed by atoms with Crippen molar-refractivity contribution in [1.82, 2.24) is 0 Å². The molecule has 2 amide bonds. The molecule has 0 fully saturated rings. The van der Waals surface area contributed by atoms with Crippen LogP contribution in [0, 0.1) is 6.92 Å². The minimum absolute atomic E-state index is 0.184. The van der Waals surface area contributed by atoms with Gasteiger partial charge in [-0.25, -0.2) is 4.79 Å². The van der Waals surface area contributed by atoms with E-state index in [1.54, 1.807) is 17.0 Å². The number of hydrogen-bond acceptors (Lipinski definition) is 2. The Morgan fingerprint density at radius 2 is 2.10 bits per heavy atom. The van der Waals surface area contributed by atoms with E-state index >= 15 is 0 Å². The van der Waals surface area contributed by atoms with Gasteiger partial charge in [0.25, 0.3) is 0 Å². The average molecular weight is 303 g/mol. The maximum atomic E-state index is 12.5. The molecule has 0 aliphatic carbocycles. The van der Waals surface area contributed by atoms with Gasteiger partial charge in [0, 0.05) is 10.7 Å². The van der Waals surface area contributed by atoms with Crippen molar-refractivity contribution in [3.63, 3.8) is 0 Å². The third-order valence-corrected chi connectivity index (χ3v) is 3.65. The molecule has 5 heteroatoms. The maximum absolute atomic E-state index is 12.5. The van der Waals surface area contributed by atoms with E-state index in [0.717, 1.165) is 22.7 Å². The van der Waals surface area contributed by atoms with Crippen molar-refractivity contribution in [2.24, 2.45) is 0 Å². The molecule has 1 heterocycles. The molecule has 1 aliphatic heterocycles. The molecule has 0 bridgehead atoms. The van der Waals surface area contributed by atoms with Crippen LogP contribution in [0.15, 0.2) is 42.5 Å². The number of amides is 2. The van der Waals surface area contributed by atoms with Crippen LogP contribution in [0.1, 0.15) is 5.56 Å². The largest absolute Gasteiger partial charge is 0.490 e. The van der Waals surface area contributed by atoms with Crippen LogP contribution in [0.25, 0.3) is 0 Å². The third kappa shape index (κ3) is 2.81. The molecule has 1 N–H and O–H groups in total. The van der Waals surface area contributed by atoms with Gasteiger partial charge in [-0.15, -0.1) is 0 Å². The number of carbonyl (C=O) groups excluding carboxylic acids is 1. The summed E-state index contributed by atoms with van der Waals surface area (Å²) in [4.78, 5) is 14.2. The predicted molar refractivity (Wildman–Crippen MR) is 84.5 cm³/mol. The highest BCUT2D eigenvalue weighted by Crippen LogP contribution is 2.31. The lowest BCUT2D eigenvalue weighted by Gasteiger charge is -2.29. The minimum atomic E-state index is -0.184. The summed E-state index contributed by atoms with van der Waals surface area (Å²) < 4.78 is 5.55. The number of nitrogens with one attached hydrogen (secondary N) is 1. The fourth-order valence-corrected chi connectivity index (χ4v) is 2.46. The number of carbonyl (C=O) groups is 1. The van der Waals surface area contributed by atoms with Crippen molar-refractivity contribution >= 4 is 29.0 Å². The minimum Gasteiger partial charge on any atom is -0.490 e. The molecular weight excluding hydrogens is 288 g/mol. The summed E-state index contributed by atoms with van der Waals surface area (Å²) in [6.45, 7) is 2.93. The number of urea groups is 1. The first-order chi connectivity index (χ1) is 10.1. The number of benzene rings is 2. The summed E-state index contributed by atoms with van der Waals surface area (Å²) in [6, 6.07) is 12.8. The summed E-state index contributed by atoms with van der Waals surface area (Å²) in [5.74, 6) is 0.724. The SMILES string of the molecule is Cc1ccc(Cl)cc1NC(=O)N1CCOc2ccccc21. The Labute approximate surface area is 128 Å². The molecule has 0 saturated heterocycles. The van der Waals surface area contributed by atoms with Crippen molar-refractivity contribution in [3.8, 4) is 5.75 Å². The fraction of sp³-hybridized carbons (Fsp3) is 0.188. The highest BCUT2D eigenvalue weighted by atomic mass is 35.5. The van der Waals surface area contributed by atoms with Crippen LogP contribution in [0.2, 0.25) is 5.02 Å². The molecule has 0 atom stereocenters. The standard InChI is InChI=1S/C16H15ClN2O2/c1-11-6-7-12(17)10-13(11)18-16(20)19-8-9-21-15-5-3-2-4-14(15)19/h2-7,10H,8-9H2,1H3,(H,18,20). The zero-order valence-electron chi connectivity index (χ0n) is 11.6. The Hall–Kier alpha value is -2.20. The topological polar surface area (TPSA) is 41.6 Å². The molecule has 0 saturated carbocycles. The van der Waals surface area contributed by atoms with E-state index in [1.165, 1.54) is 0 Å². The predicted octanol–water partition coefficient (Wildman–Crippen LogP) is 4.08. The lowest BCUT2D eigenvalue weighted by atomic mass is 10.2. The zero-order chi connectivity index (χ0) is 14.8. The van der Waals surface area contributed by atoms with Gasteiger partial charge >= 0.3 is 6.03 Å². The van der Waals surface area contributed by atoms with Crippen LogP contribution in [0.5, 0.6) is 5.75 Å². The highest BCUT2D eigenvalue weighted by molar-refractivity contribution is 6.31. The van der Waals surface area contributed by atoms with Crippen molar-refractivity contribution in [3.05, 3.63) is 53.1 Å². The van der Waals surface area contributed by atoms with Crippen LogP contribution < -0.4 is 15.0 Å². The zero-order valence-corrected chi connectivity index (χ0v) is 12.4. The van der Waals surface area contributed by atoms with Gasteiger partial charge in [0.05, 0.1) is 12.2 Å². The van der Waals surface area contributed by atoms with E-state index in [9.17, 15) is 4.79 Å². The molecule has 21 heavy (non-hydrogen) atoms. The van der Waals surface area contributed by atoms with E-state index in [1.807, 2.05) is 37.3 Å². The van der Waals surface area contributed by atoms with E-state index in [-0.39, 0.29) is 6.03 Å². The van der Waals surface area contributed by atoms with Crippen molar-refractivity contribution in [2.45, 2.75) is 6.92 Å². The smallest absolute Gasteiger partial charge is 0.326 e. The molecule has 3 rings (SSSR count). The first-order valence-electron chi connectivity index (χ1n) is 6.71. The molecule has 0 radical (unpaired) electrons. The Kier molecular flexibility index (Phi) is 3.71. The normalized spacial score (nSPS) is 13.3. The second-order valence-corrected chi connectivity index (χ2v) is 5.29. The molecule has 2 aromatic rings. The average Bonchev–Trinajstić information content (AvgIpc) is 2.50. The Morgan fingerprint density at radius 1 is 1.29 bits per heavy atom. The number of para-hydroxylation sites is 2. The van der Waals surface area contributed by atoms with Crippen LogP contribution in [-0.2, 0) is 0 Å². The van der Waals surface area contributed by atoms with E-state index in [4.69, 9.17) is 16.3 Å². The number of anilines is 2. The maximum Gasteiger partial charge on any atom is 0.326 e. The molecule has 108 valence electrons. The Bertz CT molecular complexity index is 688. The number of fused-ring (bicyclic) bond motifs is 1. The van der Waals surface area contributed by atoms with Gasteiger partial charge in [0.2, 0.25) is 0 Å². The van der Waals surface area contributed by atoms with E-state index < -0.39 is 0 Å². The van der Waals surface area contributed by atoms with Crippen LogP contribution in [0.4, 0.5) is 16.2 Å². The molecule has 0 aromatic heterocycles. The summed E-state index contributed by atoms with van der Waals surface area (Å²) in [5, 5.41) is 3.50. The van der Waals surface area contributed by atoms with Crippen LogP contribution in [-0.4, -0.2) is 19.2 Å². The molecule has 0 unspecified atom stereocenters. The lowest BCUT2D eigenvalue weighted by molar-refractivity contribution is 0.250. The number of hydrogen-bond donors (Lipinski definition) is 1. The fourth-order valence-electron chi connectivity index (χ4n) is 2.29. The van der Waals surface area contributed by atoms with E-state index in [0.29, 0.717) is 18.2 Å². The first-order valence-corrected chi connectivity index (χ1v) is 7.09. The number of nitrogens with zero attached hydrogens (tertiary/aromatic N) is 1. The molecule has 0 spiro atoms. The number of ether oxygens (including phenoxy) is 1. The van der Waals surface area contributed by atoms with Gasteiger partial charge in [0.15, 0.2) is 0 Å². The summed E-state index contributed by atoms with van der Waals surface area (Å²) >= 11 is 5.98. The summed E-state index contributed by atoms with van der Waals surface area (Å²) in [7, 11) is 0. The highest BCUT2D eigenvalue weighted by Gasteiger charge is 2.23. The molecule has 2 aromatic carbocycles. The van der Waals surface area contributed by atoms with Crippen LogP contribution >= 0.6 is 11.6 Å². The quantitative estimate of drug-likeness (QED) is 0.862. The number of rotatable bonds is 1. The first kappa shape index (κ1) is 13.8. The Morgan fingerprint density at radius 3 is 2.95 bits per heavy atom. The Balaban J connectivity index is 1.85. The second kappa shape index (κ2) is 5.66. The van der Waals surface area contributed by atoms with Crippen LogP contribution in [0.3, 0.4) is 0 Å². The van der Waals surface area contributed by atoms with Gasteiger partial charge in [-0.05, 0) is 36.8 Å².